The molecule has 0 aromatic rings. The Bertz CT molecular complexity index is 1140. The molecule has 0 aromatic heterocycles. The maximum Gasteiger partial charge on any atom is 0.408 e. The van der Waals surface area contributed by atoms with Crippen LogP contribution in [-0.4, -0.2) is 96.7 Å². The normalized spacial score (nSPS) is 14.4. The highest BCUT2D eigenvalue weighted by atomic mass is 35.5. The minimum absolute atomic E-state index is 0. The summed E-state index contributed by atoms with van der Waals surface area (Å²) < 4.78 is 15.3. The summed E-state index contributed by atoms with van der Waals surface area (Å²) in [7, 11) is 3.40. The molecule has 4 atom stereocenters. The van der Waals surface area contributed by atoms with Crippen molar-refractivity contribution in [2.75, 3.05) is 27.3 Å². The van der Waals surface area contributed by atoms with Gasteiger partial charge in [-0.2, -0.15) is 0 Å². The number of amides is 3. The first-order chi connectivity index (χ1) is 22.3. The van der Waals surface area contributed by atoms with Gasteiger partial charge in [0.25, 0.3) is 0 Å². The number of carbonyl (C=O) groups excluding carboxylic acids is 5. The van der Waals surface area contributed by atoms with Gasteiger partial charge in [0.2, 0.25) is 11.8 Å². The van der Waals surface area contributed by atoms with E-state index in [0.717, 1.165) is 0 Å². The number of ether oxygens (including phenoxy) is 3. The van der Waals surface area contributed by atoms with Crippen LogP contribution in [0.15, 0.2) is 23.3 Å². The fourth-order valence-corrected chi connectivity index (χ4v) is 4.62. The van der Waals surface area contributed by atoms with Crippen LogP contribution in [0.25, 0.3) is 0 Å². The number of hydrogen-bond acceptors (Lipinski definition) is 9. The average molecular weight is 733 g/mol. The zero-order valence-corrected chi connectivity index (χ0v) is 34.7. The van der Waals surface area contributed by atoms with Gasteiger partial charge in [-0.05, 0) is 72.1 Å². The summed E-state index contributed by atoms with van der Waals surface area (Å²) in [5.74, 6) is -0.939. The van der Waals surface area contributed by atoms with E-state index in [1.807, 2.05) is 55.4 Å². The average Bonchev–Trinajstić information content (AvgIpc) is 2.98. The summed E-state index contributed by atoms with van der Waals surface area (Å²) in [5.41, 5.74) is 6.23. The molecular formula is C37H69ClN4O8. The molecule has 3 amide bonds. The summed E-state index contributed by atoms with van der Waals surface area (Å²) >= 11 is 0. The molecule has 0 saturated carbocycles. The largest absolute Gasteiger partial charge is 0.463 e. The maximum absolute atomic E-state index is 13.1. The molecule has 0 fully saturated rings. The van der Waals surface area contributed by atoms with E-state index in [1.165, 1.54) is 0 Å². The van der Waals surface area contributed by atoms with Crippen LogP contribution in [0.1, 0.15) is 104 Å². The third-order valence-electron chi connectivity index (χ3n) is 7.60. The first-order valence-corrected chi connectivity index (χ1v) is 17.3. The number of nitrogens with one attached hydrogen (secondary N) is 1. The molecule has 0 aliphatic heterocycles. The molecule has 292 valence electrons. The van der Waals surface area contributed by atoms with Gasteiger partial charge in [0.15, 0.2) is 0 Å². The number of hydrogen-bond donors (Lipinski definition) is 2. The molecule has 0 rings (SSSR count). The second kappa shape index (κ2) is 24.1. The minimum Gasteiger partial charge on any atom is -0.463 e. The Hall–Kier alpha value is -3.12. The number of nitrogens with zero attached hydrogens (tertiary/aromatic N) is 2. The number of halogens is 1. The Kier molecular flexibility index (Phi) is 24.7. The van der Waals surface area contributed by atoms with Gasteiger partial charge in [-0.1, -0.05) is 67.5 Å². The molecule has 0 radical (unpaired) electrons. The van der Waals surface area contributed by atoms with Crippen LogP contribution in [0.2, 0.25) is 0 Å². The topological polar surface area (TPSA) is 158 Å². The van der Waals surface area contributed by atoms with Gasteiger partial charge in [-0.15, -0.1) is 12.4 Å². The van der Waals surface area contributed by atoms with Crippen LogP contribution in [-0.2, 0) is 33.4 Å². The van der Waals surface area contributed by atoms with Crippen LogP contribution in [0, 0.1) is 23.7 Å². The molecule has 3 N–H and O–H groups in total. The van der Waals surface area contributed by atoms with Crippen LogP contribution >= 0.6 is 12.4 Å². The summed E-state index contributed by atoms with van der Waals surface area (Å²) in [6, 6.07) is -1.78. The van der Waals surface area contributed by atoms with Gasteiger partial charge in [-0.3, -0.25) is 9.59 Å². The Balaban J connectivity index is -0.000000901. The first-order valence-electron chi connectivity index (χ1n) is 17.3. The molecule has 0 saturated heterocycles. The monoisotopic (exact) mass is 732 g/mol. The zero-order valence-electron chi connectivity index (χ0n) is 33.8. The third kappa shape index (κ3) is 18.8. The molecule has 0 aromatic carbocycles. The van der Waals surface area contributed by atoms with E-state index in [2.05, 4.69) is 5.32 Å². The van der Waals surface area contributed by atoms with Crippen LogP contribution in [0.3, 0.4) is 0 Å². The Morgan fingerprint density at radius 2 is 1.04 bits per heavy atom. The van der Waals surface area contributed by atoms with Crippen LogP contribution in [0.5, 0.6) is 0 Å². The van der Waals surface area contributed by atoms with Crippen LogP contribution < -0.4 is 11.1 Å². The molecular weight excluding hydrogens is 664 g/mol. The van der Waals surface area contributed by atoms with Crippen LogP contribution in [0.4, 0.5) is 4.79 Å². The fourth-order valence-electron chi connectivity index (χ4n) is 4.62. The maximum atomic E-state index is 13.1. The zero-order chi connectivity index (χ0) is 39.0. The molecule has 13 heteroatoms. The lowest BCUT2D eigenvalue weighted by atomic mass is 9.97. The smallest absolute Gasteiger partial charge is 0.408 e. The highest BCUT2D eigenvalue weighted by molar-refractivity contribution is 5.89. The van der Waals surface area contributed by atoms with Crippen molar-refractivity contribution in [3.63, 3.8) is 0 Å². The van der Waals surface area contributed by atoms with Gasteiger partial charge in [-0.25, -0.2) is 14.4 Å². The van der Waals surface area contributed by atoms with Crippen molar-refractivity contribution in [1.82, 2.24) is 15.1 Å². The van der Waals surface area contributed by atoms with E-state index in [4.69, 9.17) is 19.9 Å². The molecule has 0 unspecified atom stereocenters. The standard InChI is InChI=1S/C21H38N2O5.C16H30N2O3.ClH/c1-11-27-19(25)15(6)12-16(13(2)3)23(10)18(24)17(14(4)5)22-20(26)28-21(7,8)9;1-8-21-16(20)12(6)9-13(10(2)3)18(7)15(19)14(17)11(4)5;/h12-14,16-17H,11H2,1-10H3,(H,22,26);9-11,13-14H,8,17H2,1-7H3;1H/b15-12+;12-9+;/t16-,17+;13-,14+;/m11./s1. The van der Waals surface area contributed by atoms with Gasteiger partial charge < -0.3 is 35.1 Å². The SMILES string of the molecule is CCOC(=O)/C(C)=C/[C@H](C(C)C)N(C)C(=O)[C@@H](N)C(C)C.CCOC(=O)/C(C)=C/[C@H](C(C)C)N(C)C(=O)[C@@H](NC(=O)OC(C)(C)C)C(C)C.Cl. The van der Waals surface area contributed by atoms with Crippen molar-refractivity contribution in [2.24, 2.45) is 29.4 Å². The van der Waals surface area contributed by atoms with E-state index in [0.29, 0.717) is 24.4 Å². The number of rotatable bonds is 15. The van der Waals surface area contributed by atoms with E-state index in [9.17, 15) is 24.0 Å². The lowest BCUT2D eigenvalue weighted by Gasteiger charge is -2.34. The Labute approximate surface area is 308 Å². The van der Waals surface area contributed by atoms with Gasteiger partial charge >= 0.3 is 18.0 Å². The van der Waals surface area contributed by atoms with Crippen molar-refractivity contribution < 1.29 is 38.2 Å². The predicted octanol–water partition coefficient (Wildman–Crippen LogP) is 5.91. The highest BCUT2D eigenvalue weighted by Crippen LogP contribution is 2.18. The lowest BCUT2D eigenvalue weighted by molar-refractivity contribution is -0.139. The quantitative estimate of drug-likeness (QED) is 0.119. The predicted molar refractivity (Wildman–Crippen MR) is 202 cm³/mol. The van der Waals surface area contributed by atoms with Gasteiger partial charge in [0.1, 0.15) is 11.6 Å². The van der Waals surface area contributed by atoms with Gasteiger partial charge in [0.05, 0.1) is 31.3 Å². The van der Waals surface area contributed by atoms with Crippen molar-refractivity contribution in [3.05, 3.63) is 23.3 Å². The van der Waals surface area contributed by atoms with E-state index >= 15 is 0 Å². The van der Waals surface area contributed by atoms with Crippen molar-refractivity contribution in [1.29, 1.82) is 0 Å². The van der Waals surface area contributed by atoms with Crippen molar-refractivity contribution >= 4 is 42.3 Å². The summed E-state index contributed by atoms with van der Waals surface area (Å²) in [6.07, 6.45) is 2.89. The number of esters is 2. The molecule has 0 spiro atoms. The fraction of sp³-hybridized carbons (Fsp3) is 0.757. The molecule has 0 heterocycles. The Morgan fingerprint density at radius 1 is 0.680 bits per heavy atom. The number of likely N-dealkylation sites (N-methyl/N-ethyl adjacent to an activating group) is 2. The summed E-state index contributed by atoms with van der Waals surface area (Å²) in [6.45, 7) is 28.3. The molecule has 50 heavy (non-hydrogen) atoms. The van der Waals surface area contributed by atoms with Crippen molar-refractivity contribution in [2.45, 2.75) is 134 Å². The third-order valence-corrected chi connectivity index (χ3v) is 7.60. The first kappa shape index (κ1) is 51.3. The number of nitrogens with two attached hydrogens (primary N) is 1. The Morgan fingerprint density at radius 3 is 1.32 bits per heavy atom. The summed E-state index contributed by atoms with van der Waals surface area (Å²) in [5, 5.41) is 2.68. The second-order valence-electron chi connectivity index (χ2n) is 14.6. The number of alkyl carbamates (subject to hydrolysis) is 1. The van der Waals surface area contributed by atoms with E-state index in [-0.39, 0.29) is 65.9 Å². The lowest BCUT2D eigenvalue weighted by Crippen LogP contribution is -2.54. The number of carbonyl (C=O) groups is 5. The molecule has 0 aliphatic carbocycles. The van der Waals surface area contributed by atoms with E-state index < -0.39 is 29.7 Å². The van der Waals surface area contributed by atoms with E-state index in [1.54, 1.807) is 84.5 Å². The molecule has 0 bridgehead atoms. The van der Waals surface area contributed by atoms with Gasteiger partial charge in [0, 0.05) is 25.2 Å². The molecule has 12 nitrogen and oxygen atoms in total. The second-order valence-corrected chi connectivity index (χ2v) is 14.6. The highest BCUT2D eigenvalue weighted by Gasteiger charge is 2.33. The summed E-state index contributed by atoms with van der Waals surface area (Å²) in [4.78, 5) is 64.5. The molecule has 0 aliphatic rings. The van der Waals surface area contributed by atoms with Crippen molar-refractivity contribution in [3.8, 4) is 0 Å². The minimum atomic E-state index is -0.739.